The number of nitrogens with one attached hydrogen (secondary N) is 1. The number of aryl methyl sites for hydroxylation is 1. The van der Waals surface area contributed by atoms with E-state index in [0.29, 0.717) is 16.1 Å². The predicted octanol–water partition coefficient (Wildman–Crippen LogP) is 1.95. The van der Waals surface area contributed by atoms with Crippen LogP contribution < -0.4 is 5.43 Å². The maximum absolute atomic E-state index is 12.5. The molecule has 6 heteroatoms. The van der Waals surface area contributed by atoms with Crippen LogP contribution in [-0.2, 0) is 0 Å². The molecule has 0 radical (unpaired) electrons. The smallest absolute Gasteiger partial charge is 0.280 e. The quantitative estimate of drug-likeness (QED) is 0.830. The Hall–Kier alpha value is -3.15. The van der Waals surface area contributed by atoms with Crippen molar-refractivity contribution in [2.45, 2.75) is 13.8 Å². The number of hydrazine groups is 1. The molecule has 23 heavy (non-hydrogen) atoms. The van der Waals surface area contributed by atoms with Gasteiger partial charge >= 0.3 is 0 Å². The Morgan fingerprint density at radius 2 is 1.74 bits per heavy atom. The molecule has 2 aromatic rings. The number of imide groups is 1. The van der Waals surface area contributed by atoms with Crippen LogP contribution in [0.25, 0.3) is 0 Å². The summed E-state index contributed by atoms with van der Waals surface area (Å²) in [5.74, 6) is -2.12. The molecule has 1 aliphatic rings. The second-order valence-corrected chi connectivity index (χ2v) is 5.33. The number of benzene rings is 2. The highest BCUT2D eigenvalue weighted by Gasteiger charge is 2.38. The third kappa shape index (κ3) is 2.24. The lowest BCUT2D eigenvalue weighted by Gasteiger charge is -2.15. The summed E-state index contributed by atoms with van der Waals surface area (Å²) >= 11 is 0. The maximum atomic E-state index is 12.5. The number of fused-ring (bicyclic) bond motifs is 1. The molecule has 0 bridgehead atoms. The van der Waals surface area contributed by atoms with Crippen LogP contribution in [0.5, 0.6) is 5.75 Å². The molecule has 3 rings (SSSR count). The van der Waals surface area contributed by atoms with Crippen molar-refractivity contribution in [3.63, 3.8) is 0 Å². The van der Waals surface area contributed by atoms with Gasteiger partial charge in [-0.2, -0.15) is 5.01 Å². The molecule has 6 nitrogen and oxygen atoms in total. The van der Waals surface area contributed by atoms with Gasteiger partial charge in [0.25, 0.3) is 17.7 Å². The molecule has 116 valence electrons. The SMILES string of the molecule is Cc1ccc2c(c1C)C(=O)N(NC(=O)c1ccccc1O)C2=O. The molecular formula is C17H14N2O4. The molecule has 0 spiro atoms. The van der Waals surface area contributed by atoms with Gasteiger partial charge in [0.1, 0.15) is 5.75 Å². The summed E-state index contributed by atoms with van der Waals surface area (Å²) in [4.78, 5) is 37.0. The summed E-state index contributed by atoms with van der Waals surface area (Å²) in [6.45, 7) is 3.60. The van der Waals surface area contributed by atoms with Crippen LogP contribution in [0.3, 0.4) is 0 Å². The zero-order chi connectivity index (χ0) is 16.7. The predicted molar refractivity (Wildman–Crippen MR) is 82.0 cm³/mol. The number of nitrogens with zero attached hydrogens (tertiary/aromatic N) is 1. The van der Waals surface area contributed by atoms with Gasteiger partial charge in [-0.15, -0.1) is 0 Å². The van der Waals surface area contributed by atoms with Gasteiger partial charge in [0.15, 0.2) is 0 Å². The van der Waals surface area contributed by atoms with E-state index in [9.17, 15) is 19.5 Å². The van der Waals surface area contributed by atoms with Crippen LogP contribution in [0, 0.1) is 13.8 Å². The summed E-state index contributed by atoms with van der Waals surface area (Å²) in [7, 11) is 0. The van der Waals surface area contributed by atoms with Crippen molar-refractivity contribution in [3.05, 3.63) is 64.2 Å². The van der Waals surface area contributed by atoms with Crippen LogP contribution >= 0.6 is 0 Å². The van der Waals surface area contributed by atoms with E-state index < -0.39 is 17.7 Å². The topological polar surface area (TPSA) is 86.7 Å². The summed E-state index contributed by atoms with van der Waals surface area (Å²) < 4.78 is 0. The van der Waals surface area contributed by atoms with Gasteiger partial charge in [-0.25, -0.2) is 0 Å². The van der Waals surface area contributed by atoms with Gasteiger partial charge in [0.2, 0.25) is 0 Å². The molecular weight excluding hydrogens is 296 g/mol. The van der Waals surface area contributed by atoms with Gasteiger partial charge in [0, 0.05) is 0 Å². The second kappa shape index (κ2) is 5.24. The maximum Gasteiger partial charge on any atom is 0.280 e. The third-order valence-corrected chi connectivity index (χ3v) is 3.95. The number of amides is 3. The van der Waals surface area contributed by atoms with Crippen LogP contribution in [0.1, 0.15) is 42.2 Å². The normalized spacial score (nSPS) is 13.2. The third-order valence-electron chi connectivity index (χ3n) is 3.95. The minimum atomic E-state index is -0.730. The molecule has 1 heterocycles. The van der Waals surface area contributed by atoms with E-state index in [1.807, 2.05) is 6.92 Å². The molecule has 2 aromatic carbocycles. The molecule has 1 aliphatic heterocycles. The van der Waals surface area contributed by atoms with E-state index in [2.05, 4.69) is 5.43 Å². The molecule has 0 aromatic heterocycles. The number of para-hydroxylation sites is 1. The van der Waals surface area contributed by atoms with Gasteiger partial charge in [0.05, 0.1) is 16.7 Å². The number of carbonyl (C=O) groups is 3. The molecule has 2 N–H and O–H groups in total. The van der Waals surface area contributed by atoms with E-state index in [-0.39, 0.29) is 16.9 Å². The lowest BCUT2D eigenvalue weighted by atomic mass is 9.99. The first-order chi connectivity index (χ1) is 10.9. The van der Waals surface area contributed by atoms with Crippen LogP contribution in [-0.4, -0.2) is 27.8 Å². The van der Waals surface area contributed by atoms with Crippen molar-refractivity contribution < 1.29 is 19.5 Å². The first kappa shape index (κ1) is 14.8. The Bertz CT molecular complexity index is 858. The van der Waals surface area contributed by atoms with Crippen LogP contribution in [0.15, 0.2) is 36.4 Å². The standard InChI is InChI=1S/C17H14N2O4/c1-9-7-8-12-14(10(9)2)17(23)19(16(12)22)18-15(21)11-5-3-4-6-13(11)20/h3-8,20H,1-2H3,(H,18,21). The van der Waals surface area contributed by atoms with Gasteiger partial charge in [-0.05, 0) is 43.2 Å². The van der Waals surface area contributed by atoms with Crippen molar-refractivity contribution in [1.82, 2.24) is 10.4 Å². The Kier molecular flexibility index (Phi) is 3.37. The fourth-order valence-electron chi connectivity index (χ4n) is 2.52. The average molecular weight is 310 g/mol. The first-order valence-corrected chi connectivity index (χ1v) is 6.99. The zero-order valence-electron chi connectivity index (χ0n) is 12.6. The largest absolute Gasteiger partial charge is 0.507 e. The van der Waals surface area contributed by atoms with E-state index in [0.717, 1.165) is 5.56 Å². The highest BCUT2D eigenvalue weighted by molar-refractivity contribution is 6.22. The van der Waals surface area contributed by atoms with Crippen molar-refractivity contribution in [1.29, 1.82) is 0 Å². The van der Waals surface area contributed by atoms with E-state index in [1.165, 1.54) is 12.1 Å². The summed E-state index contributed by atoms with van der Waals surface area (Å²) in [5.41, 5.74) is 4.40. The Labute approximate surface area is 132 Å². The number of carbonyl (C=O) groups excluding carboxylic acids is 3. The summed E-state index contributed by atoms with van der Waals surface area (Å²) in [5, 5.41) is 10.4. The fourth-order valence-corrected chi connectivity index (χ4v) is 2.52. The molecule has 0 aliphatic carbocycles. The van der Waals surface area contributed by atoms with Gasteiger partial charge in [-0.1, -0.05) is 18.2 Å². The average Bonchev–Trinajstić information content (AvgIpc) is 2.76. The highest BCUT2D eigenvalue weighted by Crippen LogP contribution is 2.27. The summed E-state index contributed by atoms with van der Waals surface area (Å²) in [6.07, 6.45) is 0. The van der Waals surface area contributed by atoms with Gasteiger partial charge < -0.3 is 5.11 Å². The van der Waals surface area contributed by atoms with Crippen molar-refractivity contribution in [2.24, 2.45) is 0 Å². The molecule has 3 amide bonds. The Balaban J connectivity index is 1.93. The number of phenols is 1. The highest BCUT2D eigenvalue weighted by atomic mass is 16.3. The molecule has 0 atom stereocenters. The van der Waals surface area contributed by atoms with Crippen LogP contribution in [0.4, 0.5) is 0 Å². The van der Waals surface area contributed by atoms with E-state index >= 15 is 0 Å². The minimum absolute atomic E-state index is 0.0167. The second-order valence-electron chi connectivity index (χ2n) is 5.33. The molecule has 0 saturated heterocycles. The Morgan fingerprint density at radius 1 is 1.04 bits per heavy atom. The number of aromatic hydroxyl groups is 1. The molecule has 0 unspecified atom stereocenters. The zero-order valence-corrected chi connectivity index (χ0v) is 12.6. The van der Waals surface area contributed by atoms with Crippen LogP contribution in [0.2, 0.25) is 0 Å². The Morgan fingerprint density at radius 3 is 2.43 bits per heavy atom. The lowest BCUT2D eigenvalue weighted by Crippen LogP contribution is -2.45. The molecule has 0 fully saturated rings. The van der Waals surface area contributed by atoms with E-state index in [1.54, 1.807) is 31.2 Å². The van der Waals surface area contributed by atoms with Gasteiger partial charge in [-0.3, -0.25) is 19.8 Å². The lowest BCUT2D eigenvalue weighted by molar-refractivity contribution is 0.0517. The summed E-state index contributed by atoms with van der Waals surface area (Å²) in [6, 6.07) is 9.23. The van der Waals surface area contributed by atoms with E-state index in [4.69, 9.17) is 0 Å². The first-order valence-electron chi connectivity index (χ1n) is 6.99. The number of hydrogen-bond donors (Lipinski definition) is 2. The van der Waals surface area contributed by atoms with Crippen molar-refractivity contribution >= 4 is 17.7 Å². The monoisotopic (exact) mass is 310 g/mol. The van der Waals surface area contributed by atoms with Crippen molar-refractivity contribution in [2.75, 3.05) is 0 Å². The number of phenolic OH excluding ortho intramolecular Hbond substituents is 1. The number of rotatable bonds is 2. The minimum Gasteiger partial charge on any atom is -0.507 e. The molecule has 0 saturated carbocycles. The fraction of sp³-hybridized carbons (Fsp3) is 0.118. The van der Waals surface area contributed by atoms with Crippen molar-refractivity contribution in [3.8, 4) is 5.75 Å². The number of hydrogen-bond acceptors (Lipinski definition) is 4.